The van der Waals surface area contributed by atoms with Crippen LogP contribution in [0.3, 0.4) is 0 Å². The number of amides is 1. The van der Waals surface area contributed by atoms with Crippen LogP contribution in [0.5, 0.6) is 0 Å². The van der Waals surface area contributed by atoms with Gasteiger partial charge in [0.15, 0.2) is 0 Å². The van der Waals surface area contributed by atoms with E-state index in [1.165, 1.54) is 0 Å². The molecule has 0 aromatic carbocycles. The van der Waals surface area contributed by atoms with E-state index in [9.17, 15) is 4.79 Å². The number of carbonyl (C=O) groups excluding carboxylic acids is 1. The molecule has 1 atom stereocenters. The van der Waals surface area contributed by atoms with Gasteiger partial charge in [-0.25, -0.2) is 4.98 Å². The lowest BCUT2D eigenvalue weighted by molar-refractivity contribution is 0.0608. The highest BCUT2D eigenvalue weighted by atomic mass is 16.5. The lowest BCUT2D eigenvalue weighted by Gasteiger charge is -2.32. The molecule has 1 unspecified atom stereocenters. The van der Waals surface area contributed by atoms with Gasteiger partial charge in [0.2, 0.25) is 0 Å². The number of hydrogen-bond donors (Lipinski definition) is 0. The van der Waals surface area contributed by atoms with Crippen molar-refractivity contribution in [2.75, 3.05) is 40.4 Å². The van der Waals surface area contributed by atoms with Crippen LogP contribution < -0.4 is 0 Å². The Bertz CT molecular complexity index is 773. The van der Waals surface area contributed by atoms with Crippen LogP contribution in [0.4, 0.5) is 0 Å². The van der Waals surface area contributed by atoms with Gasteiger partial charge in [0.25, 0.3) is 5.91 Å². The van der Waals surface area contributed by atoms with Gasteiger partial charge in [-0.3, -0.25) is 9.48 Å². The molecule has 2 aromatic heterocycles. The number of aromatic nitrogens is 4. The maximum absolute atomic E-state index is 12.9. The second-order valence-electron chi connectivity index (χ2n) is 6.97. The number of carbonyl (C=O) groups is 1. The number of likely N-dealkylation sites (N-methyl/N-ethyl adjacent to an activating group) is 1. The van der Waals surface area contributed by atoms with Gasteiger partial charge in [0.1, 0.15) is 11.4 Å². The Balaban J connectivity index is 1.75. The fourth-order valence-corrected chi connectivity index (χ4v) is 3.20. The number of hydrogen-bond acceptors (Lipinski definition) is 6. The molecule has 26 heavy (non-hydrogen) atoms. The van der Waals surface area contributed by atoms with Crippen LogP contribution in [0, 0.1) is 6.92 Å². The molecule has 1 aliphatic rings. The van der Waals surface area contributed by atoms with E-state index in [0.717, 1.165) is 23.6 Å². The van der Waals surface area contributed by atoms with Gasteiger partial charge in [-0.15, -0.1) is 5.10 Å². The molecule has 0 saturated carbocycles. The fourth-order valence-electron chi connectivity index (χ4n) is 3.20. The summed E-state index contributed by atoms with van der Waals surface area (Å²) < 4.78 is 7.65. The van der Waals surface area contributed by atoms with Crippen molar-refractivity contribution in [3.63, 3.8) is 0 Å². The first-order valence-corrected chi connectivity index (χ1v) is 8.79. The minimum absolute atomic E-state index is 0.0506. The molecule has 8 nitrogen and oxygen atoms in total. The Hall–Kier alpha value is -2.32. The smallest absolute Gasteiger partial charge is 0.272 e. The summed E-state index contributed by atoms with van der Waals surface area (Å²) in [6.07, 6.45) is 0. The number of fused-ring (bicyclic) bond motifs is 1. The Morgan fingerprint density at radius 3 is 2.92 bits per heavy atom. The molecule has 0 aliphatic carbocycles. The van der Waals surface area contributed by atoms with Crippen LogP contribution in [0.15, 0.2) is 18.2 Å². The van der Waals surface area contributed by atoms with E-state index in [-0.39, 0.29) is 11.8 Å². The molecule has 3 rings (SSSR count). The highest BCUT2D eigenvalue weighted by Gasteiger charge is 2.33. The van der Waals surface area contributed by atoms with Crippen LogP contribution >= 0.6 is 0 Å². The molecule has 0 spiro atoms. The first-order valence-electron chi connectivity index (χ1n) is 8.79. The molecule has 0 saturated heterocycles. The second kappa shape index (κ2) is 7.92. The third-order valence-electron chi connectivity index (χ3n) is 4.51. The quantitative estimate of drug-likeness (QED) is 0.712. The summed E-state index contributed by atoms with van der Waals surface area (Å²) >= 11 is 0. The molecule has 0 bridgehead atoms. The number of nitrogens with zero attached hydrogens (tertiary/aromatic N) is 6. The molecule has 0 fully saturated rings. The maximum Gasteiger partial charge on any atom is 0.272 e. The Morgan fingerprint density at radius 2 is 2.19 bits per heavy atom. The summed E-state index contributed by atoms with van der Waals surface area (Å²) in [5.41, 5.74) is 3.18. The zero-order valence-corrected chi connectivity index (χ0v) is 15.8. The summed E-state index contributed by atoms with van der Waals surface area (Å²) in [6, 6.07) is 5.49. The van der Waals surface area contributed by atoms with Crippen molar-refractivity contribution in [3.8, 4) is 0 Å². The highest BCUT2D eigenvalue weighted by Crippen LogP contribution is 2.27. The van der Waals surface area contributed by atoms with Gasteiger partial charge >= 0.3 is 0 Å². The summed E-state index contributed by atoms with van der Waals surface area (Å²) in [5.74, 6) is -0.0297. The first kappa shape index (κ1) is 18.5. The van der Waals surface area contributed by atoms with Crippen LogP contribution in [-0.4, -0.2) is 76.1 Å². The van der Waals surface area contributed by atoms with Gasteiger partial charge in [-0.05, 0) is 33.2 Å². The van der Waals surface area contributed by atoms with Gasteiger partial charge in [-0.2, -0.15) is 0 Å². The summed E-state index contributed by atoms with van der Waals surface area (Å²) in [6.45, 7) is 4.95. The van der Waals surface area contributed by atoms with Crippen molar-refractivity contribution in [2.45, 2.75) is 19.4 Å². The highest BCUT2D eigenvalue weighted by molar-refractivity contribution is 5.92. The van der Waals surface area contributed by atoms with Gasteiger partial charge in [0, 0.05) is 31.7 Å². The van der Waals surface area contributed by atoms with Gasteiger partial charge < -0.3 is 14.5 Å². The molecule has 140 valence electrons. The molecule has 2 aromatic rings. The standard InChI is InChI=1S/C18H26N6O2/c1-13-6-5-7-15(19-13)18(25)24-10-14(12-26-9-8-22(2)3)17-16(11-24)20-21-23(17)4/h5-7,14H,8-12H2,1-4H3. The van der Waals surface area contributed by atoms with Crippen LogP contribution in [-0.2, 0) is 18.3 Å². The predicted octanol–water partition coefficient (Wildman–Crippen LogP) is 0.836. The zero-order valence-electron chi connectivity index (χ0n) is 15.8. The summed E-state index contributed by atoms with van der Waals surface area (Å²) in [4.78, 5) is 21.1. The Labute approximate surface area is 153 Å². The molecule has 3 heterocycles. The first-order chi connectivity index (χ1) is 12.5. The maximum atomic E-state index is 12.9. The molecule has 8 heteroatoms. The van der Waals surface area contributed by atoms with E-state index in [1.807, 2.05) is 40.2 Å². The number of aryl methyl sites for hydroxylation is 2. The molecule has 0 N–H and O–H groups in total. The van der Waals surface area contributed by atoms with Crippen LogP contribution in [0.2, 0.25) is 0 Å². The minimum atomic E-state index is -0.0803. The average Bonchev–Trinajstić information content (AvgIpc) is 2.99. The largest absolute Gasteiger partial charge is 0.379 e. The van der Waals surface area contributed by atoms with Gasteiger partial charge in [-0.1, -0.05) is 11.3 Å². The Morgan fingerprint density at radius 1 is 1.38 bits per heavy atom. The zero-order chi connectivity index (χ0) is 18.7. The molecular weight excluding hydrogens is 332 g/mol. The van der Waals surface area contributed by atoms with Crippen LogP contribution in [0.1, 0.15) is 33.5 Å². The van der Waals surface area contributed by atoms with Crippen molar-refractivity contribution in [1.82, 2.24) is 29.8 Å². The lowest BCUT2D eigenvalue weighted by Crippen LogP contribution is -2.40. The van der Waals surface area contributed by atoms with E-state index < -0.39 is 0 Å². The third-order valence-corrected chi connectivity index (χ3v) is 4.51. The molecule has 1 aliphatic heterocycles. The SMILES string of the molecule is Cc1cccc(C(=O)N2Cc3nnn(C)c3C(COCCN(C)C)C2)n1. The average molecular weight is 358 g/mol. The molecule has 0 radical (unpaired) electrons. The van der Waals surface area contributed by atoms with Crippen molar-refractivity contribution in [1.29, 1.82) is 0 Å². The van der Waals surface area contributed by atoms with Crippen molar-refractivity contribution in [2.24, 2.45) is 7.05 Å². The number of ether oxygens (including phenoxy) is 1. The van der Waals surface area contributed by atoms with E-state index in [0.29, 0.717) is 32.0 Å². The minimum Gasteiger partial charge on any atom is -0.379 e. The van der Waals surface area contributed by atoms with Gasteiger partial charge in [0.05, 0.1) is 25.5 Å². The van der Waals surface area contributed by atoms with Crippen molar-refractivity contribution in [3.05, 3.63) is 41.0 Å². The normalized spacial score (nSPS) is 16.8. The monoisotopic (exact) mass is 358 g/mol. The lowest BCUT2D eigenvalue weighted by atomic mass is 9.98. The third kappa shape index (κ3) is 4.08. The topological polar surface area (TPSA) is 76.4 Å². The van der Waals surface area contributed by atoms with Crippen molar-refractivity contribution < 1.29 is 9.53 Å². The van der Waals surface area contributed by atoms with E-state index >= 15 is 0 Å². The second-order valence-corrected chi connectivity index (χ2v) is 6.97. The molecular formula is C18H26N6O2. The molecule has 1 amide bonds. The van der Waals surface area contributed by atoms with Crippen LogP contribution in [0.25, 0.3) is 0 Å². The summed E-state index contributed by atoms with van der Waals surface area (Å²) in [5, 5.41) is 8.38. The fraction of sp³-hybridized carbons (Fsp3) is 0.556. The predicted molar refractivity (Wildman–Crippen MR) is 96.8 cm³/mol. The number of rotatable bonds is 6. The van der Waals surface area contributed by atoms with E-state index in [2.05, 4.69) is 20.2 Å². The Kier molecular flexibility index (Phi) is 5.63. The summed E-state index contributed by atoms with van der Waals surface area (Å²) in [7, 11) is 5.92. The van der Waals surface area contributed by atoms with Crippen molar-refractivity contribution >= 4 is 5.91 Å². The van der Waals surface area contributed by atoms with E-state index in [4.69, 9.17) is 4.74 Å². The van der Waals surface area contributed by atoms with E-state index in [1.54, 1.807) is 15.6 Å². The number of pyridine rings is 1.